The van der Waals surface area contributed by atoms with Crippen LogP contribution in [0.2, 0.25) is 0 Å². The first-order valence-corrected chi connectivity index (χ1v) is 22.2. The van der Waals surface area contributed by atoms with Crippen LogP contribution < -0.4 is 31.9 Å². The Morgan fingerprint density at radius 3 is 1.57 bits per heavy atom. The number of amides is 6. The van der Waals surface area contributed by atoms with Crippen LogP contribution in [-0.4, -0.2) is 91.2 Å². The predicted molar refractivity (Wildman–Crippen MR) is 246 cm³/mol. The van der Waals surface area contributed by atoms with Gasteiger partial charge in [0, 0.05) is 19.4 Å². The Bertz CT molecular complexity index is 1980. The van der Waals surface area contributed by atoms with Crippen LogP contribution in [0.4, 0.5) is 9.59 Å². The van der Waals surface area contributed by atoms with Gasteiger partial charge in [0.1, 0.15) is 42.4 Å². The fourth-order valence-electron chi connectivity index (χ4n) is 6.70. The summed E-state index contributed by atoms with van der Waals surface area (Å²) in [4.78, 5) is 94.2. The Balaban J connectivity index is 1.75. The van der Waals surface area contributed by atoms with Gasteiger partial charge in [0.25, 0.3) is 0 Å². The molecule has 5 atom stereocenters. The van der Waals surface area contributed by atoms with Gasteiger partial charge in [0.05, 0.1) is 7.11 Å². The number of rotatable bonds is 24. The Hall–Kier alpha value is -6.45. The molecule has 0 spiro atoms. The highest BCUT2D eigenvalue weighted by molar-refractivity contribution is 5.96. The molecule has 65 heavy (non-hydrogen) atoms. The Morgan fingerprint density at radius 2 is 1.05 bits per heavy atom. The summed E-state index contributed by atoms with van der Waals surface area (Å²) >= 11 is 0. The fourth-order valence-corrected chi connectivity index (χ4v) is 6.70. The van der Waals surface area contributed by atoms with Crippen LogP contribution in [-0.2, 0) is 57.6 Å². The van der Waals surface area contributed by atoms with Crippen molar-refractivity contribution in [3.63, 3.8) is 0 Å². The second-order valence-electron chi connectivity index (χ2n) is 17.6. The lowest BCUT2D eigenvalue weighted by molar-refractivity contribution is -0.145. The molecule has 0 radical (unpaired) electrons. The summed E-state index contributed by atoms with van der Waals surface area (Å²) < 4.78 is 15.7. The average molecular weight is 901 g/mol. The van der Waals surface area contributed by atoms with Crippen LogP contribution in [0.1, 0.15) is 90.8 Å². The van der Waals surface area contributed by atoms with Gasteiger partial charge in [-0.15, -0.1) is 0 Å². The number of alkyl carbamates (subject to hydrolysis) is 2. The maximum absolute atomic E-state index is 14.1. The molecule has 0 aromatic heterocycles. The van der Waals surface area contributed by atoms with E-state index >= 15 is 0 Å². The number of hydrogen-bond donors (Lipinski definition) is 6. The lowest BCUT2D eigenvalue weighted by Gasteiger charge is -2.29. The van der Waals surface area contributed by atoms with Crippen LogP contribution in [0.15, 0.2) is 91.0 Å². The van der Waals surface area contributed by atoms with Gasteiger partial charge in [-0.2, -0.15) is 0 Å². The molecular formula is C49H68N6O10. The molecule has 0 saturated carbocycles. The van der Waals surface area contributed by atoms with Crippen LogP contribution in [0.5, 0.6) is 0 Å². The third-order valence-electron chi connectivity index (χ3n) is 10.00. The minimum Gasteiger partial charge on any atom is -0.467 e. The van der Waals surface area contributed by atoms with Crippen molar-refractivity contribution < 1.29 is 47.8 Å². The van der Waals surface area contributed by atoms with E-state index < -0.39 is 83.5 Å². The minimum absolute atomic E-state index is 0.0723. The standard InChI is InChI=1S/C49H68N6O10/c1-32(2)28-38(51-42(56)37(54-48(62)65-49(5,6)7)26-18-19-27-50-47(61)64-31-36-24-16-11-17-25-36)44(58)55-41(33(3)4)45(59)52-39(29-34-20-12-9-13-21-34)43(57)53-40(46(60)63-8)30-35-22-14-10-15-23-35/h9-17,20-25,32-33,37-41H,18-19,26-31H2,1-8H3,(H,50,61)(H,51,56)(H,52,59)(H,53,57)(H,54,62)(H,55,58)/t37-,38-,39-,40-,41-/m0/s1. The van der Waals surface area contributed by atoms with Gasteiger partial charge in [-0.3, -0.25) is 19.2 Å². The number of esters is 1. The second-order valence-corrected chi connectivity index (χ2v) is 17.6. The Morgan fingerprint density at radius 1 is 0.554 bits per heavy atom. The monoisotopic (exact) mass is 900 g/mol. The van der Waals surface area contributed by atoms with Gasteiger partial charge >= 0.3 is 18.2 Å². The summed E-state index contributed by atoms with van der Waals surface area (Å²) in [5.41, 5.74) is 1.52. The van der Waals surface area contributed by atoms with Crippen LogP contribution in [0.25, 0.3) is 0 Å². The highest BCUT2D eigenvalue weighted by Crippen LogP contribution is 2.14. The number of hydrogen-bond acceptors (Lipinski definition) is 10. The molecule has 0 heterocycles. The number of unbranched alkanes of at least 4 members (excludes halogenated alkanes) is 1. The van der Waals surface area contributed by atoms with Crippen molar-refractivity contribution in [2.75, 3.05) is 13.7 Å². The van der Waals surface area contributed by atoms with Crippen molar-refractivity contribution in [2.24, 2.45) is 11.8 Å². The molecular weight excluding hydrogens is 833 g/mol. The minimum atomic E-state index is -1.16. The number of ether oxygens (including phenoxy) is 3. The molecule has 0 aliphatic carbocycles. The molecule has 16 nitrogen and oxygen atoms in total. The van der Waals surface area contributed by atoms with Crippen molar-refractivity contribution in [2.45, 2.75) is 129 Å². The highest BCUT2D eigenvalue weighted by atomic mass is 16.6. The van der Waals surface area contributed by atoms with Gasteiger partial charge in [0.2, 0.25) is 23.6 Å². The topological polar surface area (TPSA) is 219 Å². The molecule has 0 aliphatic rings. The highest BCUT2D eigenvalue weighted by Gasteiger charge is 2.34. The summed E-state index contributed by atoms with van der Waals surface area (Å²) in [5, 5.41) is 16.5. The molecule has 354 valence electrons. The zero-order valence-electron chi connectivity index (χ0n) is 38.9. The molecule has 3 aromatic carbocycles. The van der Waals surface area contributed by atoms with Gasteiger partial charge < -0.3 is 46.1 Å². The average Bonchev–Trinajstić information content (AvgIpc) is 3.25. The third kappa shape index (κ3) is 20.3. The van der Waals surface area contributed by atoms with Crippen LogP contribution >= 0.6 is 0 Å². The van der Waals surface area contributed by atoms with Crippen molar-refractivity contribution in [1.29, 1.82) is 0 Å². The van der Waals surface area contributed by atoms with E-state index in [1.807, 2.05) is 80.6 Å². The summed E-state index contributed by atoms with van der Waals surface area (Å²) in [6.07, 6.45) is -0.0198. The van der Waals surface area contributed by atoms with Crippen molar-refractivity contribution in [3.8, 4) is 0 Å². The van der Waals surface area contributed by atoms with Gasteiger partial charge in [-0.1, -0.05) is 119 Å². The number of benzene rings is 3. The first-order chi connectivity index (χ1) is 30.8. The quantitative estimate of drug-likeness (QED) is 0.0389. The number of methoxy groups -OCH3 is 1. The molecule has 3 rings (SSSR count). The number of nitrogens with one attached hydrogen (secondary N) is 6. The summed E-state index contributed by atoms with van der Waals surface area (Å²) in [5.74, 6) is -3.79. The molecule has 0 saturated heterocycles. The first-order valence-electron chi connectivity index (χ1n) is 22.2. The third-order valence-corrected chi connectivity index (χ3v) is 10.00. The summed E-state index contributed by atoms with van der Waals surface area (Å²) in [7, 11) is 1.23. The molecule has 0 aliphatic heterocycles. The van der Waals surface area contributed by atoms with Gasteiger partial charge in [-0.05, 0) is 75.0 Å². The van der Waals surface area contributed by atoms with Crippen LogP contribution in [0, 0.1) is 11.8 Å². The zero-order valence-corrected chi connectivity index (χ0v) is 38.9. The van der Waals surface area contributed by atoms with Crippen LogP contribution in [0.3, 0.4) is 0 Å². The maximum Gasteiger partial charge on any atom is 0.408 e. The SMILES string of the molecule is COC(=O)[C@H](Cc1ccccc1)NC(=O)[C@H](Cc1ccccc1)NC(=O)[C@@H](NC(=O)[C@H](CC(C)C)NC(=O)[C@H](CCCCNC(=O)OCc1ccccc1)NC(=O)OC(C)(C)C)C(C)C. The fraction of sp³-hybridized carbons (Fsp3) is 0.490. The van der Waals surface area contributed by atoms with E-state index in [0.29, 0.717) is 12.8 Å². The molecule has 0 bridgehead atoms. The van der Waals surface area contributed by atoms with E-state index in [4.69, 9.17) is 14.2 Å². The normalized spacial score (nSPS) is 13.5. The largest absolute Gasteiger partial charge is 0.467 e. The molecule has 16 heteroatoms. The number of carbonyl (C=O) groups excluding carboxylic acids is 7. The van der Waals surface area contributed by atoms with Gasteiger partial charge in [-0.25, -0.2) is 14.4 Å². The number of carbonyl (C=O) groups is 7. The lowest BCUT2D eigenvalue weighted by atomic mass is 9.98. The molecule has 6 amide bonds. The van der Waals surface area contributed by atoms with E-state index in [2.05, 4.69) is 31.9 Å². The van der Waals surface area contributed by atoms with E-state index in [1.165, 1.54) is 7.11 Å². The zero-order chi connectivity index (χ0) is 47.9. The van der Waals surface area contributed by atoms with E-state index in [1.54, 1.807) is 58.9 Å². The van der Waals surface area contributed by atoms with Gasteiger partial charge in [0.15, 0.2) is 0 Å². The Kier molecular flexibility index (Phi) is 22.0. The molecule has 0 unspecified atom stereocenters. The maximum atomic E-state index is 14.1. The molecule has 3 aromatic rings. The summed E-state index contributed by atoms with van der Waals surface area (Å²) in [6, 6.07) is 21.8. The molecule has 6 N–H and O–H groups in total. The predicted octanol–water partition coefficient (Wildman–Crippen LogP) is 5.28. The summed E-state index contributed by atoms with van der Waals surface area (Å²) in [6.45, 7) is 12.7. The smallest absolute Gasteiger partial charge is 0.408 e. The van der Waals surface area contributed by atoms with E-state index in [-0.39, 0.29) is 44.8 Å². The molecule has 0 fully saturated rings. The van der Waals surface area contributed by atoms with E-state index in [9.17, 15) is 33.6 Å². The van der Waals surface area contributed by atoms with Crippen molar-refractivity contribution >= 4 is 41.8 Å². The first kappa shape index (κ1) is 52.9. The van der Waals surface area contributed by atoms with E-state index in [0.717, 1.165) is 16.7 Å². The van der Waals surface area contributed by atoms with Crippen molar-refractivity contribution in [1.82, 2.24) is 31.9 Å². The Labute approximate surface area is 383 Å². The van der Waals surface area contributed by atoms with Crippen molar-refractivity contribution in [3.05, 3.63) is 108 Å². The lowest BCUT2D eigenvalue weighted by Crippen LogP contribution is -2.60. The second kappa shape index (κ2) is 27.0.